The number of rotatable bonds is 6. The zero-order chi connectivity index (χ0) is 22.3. The number of nitrogens with two attached hydrogens (primary N) is 1. The highest BCUT2D eigenvalue weighted by Gasteiger charge is 2.45. The maximum atomic E-state index is 12.2. The molecule has 0 aliphatic carbocycles. The Labute approximate surface area is 170 Å². The lowest BCUT2D eigenvalue weighted by molar-refractivity contribution is -0.402. The number of nitrogens with one attached hydrogen (secondary N) is 2. The number of furan rings is 1. The number of aromatic amines is 1. The zero-order valence-electron chi connectivity index (χ0n) is 15.4. The molecule has 4 heterocycles. The van der Waals surface area contributed by atoms with Gasteiger partial charge in [-0.05, 0) is 6.07 Å². The second-order valence-electron chi connectivity index (χ2n) is 6.46. The van der Waals surface area contributed by atoms with Gasteiger partial charge in [-0.25, -0.2) is 10.4 Å². The van der Waals surface area contributed by atoms with E-state index in [4.69, 9.17) is 14.9 Å². The first-order valence-electron chi connectivity index (χ1n) is 8.73. The van der Waals surface area contributed by atoms with Gasteiger partial charge in [-0.1, -0.05) is 0 Å². The maximum absolute atomic E-state index is 12.2. The fraction of sp³-hybridized carbons (Fsp3) is 0.333. The molecule has 164 valence electrons. The van der Waals surface area contributed by atoms with Gasteiger partial charge in [-0.3, -0.25) is 24.5 Å². The van der Waals surface area contributed by atoms with Gasteiger partial charge in [0.15, 0.2) is 23.2 Å². The Morgan fingerprint density at radius 1 is 1.39 bits per heavy atom. The van der Waals surface area contributed by atoms with Crippen LogP contribution in [0.3, 0.4) is 0 Å². The number of H-pyrrole nitrogens is 1. The van der Waals surface area contributed by atoms with Crippen LogP contribution in [0, 0.1) is 10.1 Å². The van der Waals surface area contributed by atoms with Crippen molar-refractivity contribution in [2.24, 2.45) is 5.10 Å². The minimum absolute atomic E-state index is 0.0509. The molecule has 0 saturated carbocycles. The molecule has 7 N–H and O–H groups in total. The number of hydrogen-bond donors (Lipinski definition) is 6. The van der Waals surface area contributed by atoms with E-state index >= 15 is 0 Å². The van der Waals surface area contributed by atoms with Crippen molar-refractivity contribution < 1.29 is 29.4 Å². The summed E-state index contributed by atoms with van der Waals surface area (Å²) in [6.07, 6.45) is -4.22. The molecule has 16 heteroatoms. The summed E-state index contributed by atoms with van der Waals surface area (Å²) in [4.78, 5) is 32.5. The lowest BCUT2D eigenvalue weighted by Crippen LogP contribution is -2.33. The van der Waals surface area contributed by atoms with Crippen molar-refractivity contribution in [2.45, 2.75) is 24.5 Å². The molecule has 16 nitrogen and oxygen atoms in total. The van der Waals surface area contributed by atoms with E-state index in [0.29, 0.717) is 0 Å². The van der Waals surface area contributed by atoms with Crippen molar-refractivity contribution in [3.05, 3.63) is 38.4 Å². The molecule has 0 unspecified atom stereocenters. The lowest BCUT2D eigenvalue weighted by Gasteiger charge is -2.18. The molecule has 4 atom stereocenters. The van der Waals surface area contributed by atoms with Crippen LogP contribution < -0.4 is 16.7 Å². The Hall–Kier alpha value is -3.86. The van der Waals surface area contributed by atoms with Gasteiger partial charge in [0.1, 0.15) is 23.2 Å². The fourth-order valence-corrected chi connectivity index (χ4v) is 3.08. The van der Waals surface area contributed by atoms with Crippen molar-refractivity contribution in [3.63, 3.8) is 0 Å². The predicted octanol–water partition coefficient (Wildman–Crippen LogP) is -1.74. The lowest BCUT2D eigenvalue weighted by atomic mass is 10.1. The number of nitrogen functional groups attached to an aromatic ring is 1. The van der Waals surface area contributed by atoms with Gasteiger partial charge in [0.2, 0.25) is 11.9 Å². The number of aliphatic hydroxyl groups is 3. The first-order valence-corrected chi connectivity index (χ1v) is 8.73. The Morgan fingerprint density at radius 3 is 2.81 bits per heavy atom. The highest BCUT2D eigenvalue weighted by atomic mass is 16.6. The van der Waals surface area contributed by atoms with Crippen LogP contribution in [0.15, 0.2) is 26.4 Å². The summed E-state index contributed by atoms with van der Waals surface area (Å²) in [5.74, 6) is -0.796. The molecule has 0 radical (unpaired) electrons. The van der Waals surface area contributed by atoms with Crippen LogP contribution in [0.1, 0.15) is 12.0 Å². The monoisotopic (exact) mass is 436 g/mol. The summed E-state index contributed by atoms with van der Waals surface area (Å²) in [5, 5.41) is 44.3. The van der Waals surface area contributed by atoms with Crippen LogP contribution >= 0.6 is 0 Å². The normalized spacial score (nSPS) is 23.7. The van der Waals surface area contributed by atoms with E-state index in [1.54, 1.807) is 0 Å². The predicted molar refractivity (Wildman–Crippen MR) is 102 cm³/mol. The number of fused-ring (bicyclic) bond motifs is 1. The molecular weight excluding hydrogens is 420 g/mol. The molecule has 0 aromatic carbocycles. The smallest absolute Gasteiger partial charge is 0.400 e. The maximum Gasteiger partial charge on any atom is 0.433 e. The SMILES string of the molecule is Nc1nc2c(nc(N/N=C\c3ccc([N+](=O)[O-])o3)n2[C@H]2O[C@@H](CO)[C@@H](O)[C@@H]2O)c(=O)[nH]1. The quantitative estimate of drug-likeness (QED) is 0.143. The molecule has 1 fully saturated rings. The first-order chi connectivity index (χ1) is 14.8. The van der Waals surface area contributed by atoms with Gasteiger partial charge in [-0.15, -0.1) is 0 Å². The molecule has 3 aromatic rings. The number of anilines is 2. The van der Waals surface area contributed by atoms with Crippen LogP contribution in [0.2, 0.25) is 0 Å². The number of aliphatic hydroxyl groups excluding tert-OH is 3. The molecular formula is C15H16N8O8. The van der Waals surface area contributed by atoms with Crippen molar-refractivity contribution in [2.75, 3.05) is 17.8 Å². The number of nitrogens with zero attached hydrogens (tertiary/aromatic N) is 5. The number of imidazole rings is 1. The van der Waals surface area contributed by atoms with Crippen LogP contribution in [-0.4, -0.2) is 70.9 Å². The second kappa shape index (κ2) is 7.76. The summed E-state index contributed by atoms with van der Waals surface area (Å²) in [5.41, 5.74) is 7.18. The van der Waals surface area contributed by atoms with Crippen molar-refractivity contribution in [1.82, 2.24) is 19.5 Å². The third-order valence-electron chi connectivity index (χ3n) is 4.49. The minimum atomic E-state index is -1.51. The van der Waals surface area contributed by atoms with Gasteiger partial charge < -0.3 is 30.2 Å². The van der Waals surface area contributed by atoms with Gasteiger partial charge >= 0.3 is 5.88 Å². The molecule has 4 rings (SSSR count). The summed E-state index contributed by atoms with van der Waals surface area (Å²) in [6.45, 7) is -0.574. The van der Waals surface area contributed by atoms with Crippen molar-refractivity contribution in [1.29, 1.82) is 0 Å². The van der Waals surface area contributed by atoms with Crippen LogP contribution in [-0.2, 0) is 4.74 Å². The van der Waals surface area contributed by atoms with Gasteiger partial charge in [0, 0.05) is 0 Å². The fourth-order valence-electron chi connectivity index (χ4n) is 3.08. The molecule has 0 amide bonds. The minimum Gasteiger partial charge on any atom is -0.400 e. The topological polar surface area (TPSA) is 240 Å². The van der Waals surface area contributed by atoms with Gasteiger partial charge in [0.05, 0.1) is 18.9 Å². The molecule has 31 heavy (non-hydrogen) atoms. The van der Waals surface area contributed by atoms with E-state index in [9.17, 15) is 30.2 Å². The number of hydrogen-bond acceptors (Lipinski definition) is 13. The van der Waals surface area contributed by atoms with Crippen LogP contribution in [0.5, 0.6) is 0 Å². The standard InChI is InChI=1S/C15H16N8O8/c16-14-19-11-8(12(27)20-14)18-15(21-17-3-5-1-2-7(30-5)23(28)29)22(11)13-10(26)9(25)6(4-24)31-13/h1-3,6,9-10,13,24-26H,4H2,(H,18,21)(H3,16,19,20,27)/b17-3-/t6-,9+,10-,13-/m0/s1. The molecule has 1 aliphatic rings. The highest BCUT2D eigenvalue weighted by Crippen LogP contribution is 2.33. The number of nitro groups is 1. The summed E-state index contributed by atoms with van der Waals surface area (Å²) in [6, 6.07) is 2.45. The Morgan fingerprint density at radius 2 is 2.16 bits per heavy atom. The number of aromatic nitrogens is 4. The van der Waals surface area contributed by atoms with Crippen molar-refractivity contribution in [3.8, 4) is 0 Å². The third kappa shape index (κ3) is 3.59. The van der Waals surface area contributed by atoms with Crippen LogP contribution in [0.25, 0.3) is 11.2 Å². The van der Waals surface area contributed by atoms with Crippen molar-refractivity contribution >= 4 is 35.2 Å². The molecule has 3 aromatic heterocycles. The Balaban J connectivity index is 1.73. The Bertz CT molecular complexity index is 1220. The van der Waals surface area contributed by atoms with E-state index in [0.717, 1.165) is 16.8 Å². The second-order valence-corrected chi connectivity index (χ2v) is 6.46. The largest absolute Gasteiger partial charge is 0.433 e. The summed E-state index contributed by atoms with van der Waals surface area (Å²) in [7, 11) is 0. The highest BCUT2D eigenvalue weighted by molar-refractivity contribution is 5.78. The average molecular weight is 436 g/mol. The van der Waals surface area contributed by atoms with E-state index in [-0.39, 0.29) is 28.8 Å². The van der Waals surface area contributed by atoms with Crippen LogP contribution in [0.4, 0.5) is 17.8 Å². The molecule has 1 aliphatic heterocycles. The van der Waals surface area contributed by atoms with E-state index in [1.165, 1.54) is 6.07 Å². The third-order valence-corrected chi connectivity index (χ3v) is 4.49. The summed E-state index contributed by atoms with van der Waals surface area (Å²) >= 11 is 0. The average Bonchev–Trinajstić information content (AvgIpc) is 3.40. The number of ether oxygens (including phenoxy) is 1. The van der Waals surface area contributed by atoms with Gasteiger partial charge in [-0.2, -0.15) is 10.1 Å². The Kier molecular flexibility index (Phi) is 5.11. The number of hydrazone groups is 1. The summed E-state index contributed by atoms with van der Waals surface area (Å²) < 4.78 is 11.6. The van der Waals surface area contributed by atoms with E-state index in [1.807, 2.05) is 0 Å². The van der Waals surface area contributed by atoms with E-state index < -0.39 is 47.5 Å². The first kappa shape index (κ1) is 20.4. The zero-order valence-corrected chi connectivity index (χ0v) is 15.4. The molecule has 1 saturated heterocycles. The van der Waals surface area contributed by atoms with E-state index in [2.05, 4.69) is 25.5 Å². The molecule has 0 bridgehead atoms. The molecule has 0 spiro atoms. The van der Waals surface area contributed by atoms with Gasteiger partial charge in [0.25, 0.3) is 5.56 Å².